The predicted molar refractivity (Wildman–Crippen MR) is 314 cm³/mol. The van der Waals surface area contributed by atoms with Gasteiger partial charge >= 0.3 is 30.0 Å². The Balaban J connectivity index is 1.48. The van der Waals surface area contributed by atoms with Crippen LogP contribution in [0.1, 0.15) is 91.8 Å². The third-order valence-corrected chi connectivity index (χ3v) is 14.3. The number of rotatable bonds is 18. The topological polar surface area (TPSA) is 235 Å². The van der Waals surface area contributed by atoms with Gasteiger partial charge < -0.3 is 44.7 Å². The van der Waals surface area contributed by atoms with Crippen molar-refractivity contribution in [2.45, 2.75) is 117 Å². The molecule has 2 aliphatic rings. The van der Waals surface area contributed by atoms with E-state index in [0.29, 0.717) is 38.9 Å². The number of methoxy groups -OCH3 is 1. The van der Waals surface area contributed by atoms with Gasteiger partial charge in [0.15, 0.2) is 0 Å². The van der Waals surface area contributed by atoms with Gasteiger partial charge in [0, 0.05) is 71.2 Å². The Bertz CT molecular complexity index is 2520. The van der Waals surface area contributed by atoms with Gasteiger partial charge in [-0.3, -0.25) is 43.6 Å². The Morgan fingerprint density at radius 2 is 0.987 bits per heavy atom. The number of carbonyl (C=O) groups excluding carboxylic acids is 7. The largest absolute Gasteiger partial charge is 0.506 e. The molecule has 22 heteroatoms. The highest BCUT2D eigenvalue weighted by Crippen LogP contribution is 2.44. The molecular weight excluding hydrogens is 1240 g/mol. The van der Waals surface area contributed by atoms with Crippen molar-refractivity contribution in [3.8, 4) is 16.9 Å². The minimum Gasteiger partial charge on any atom is -0.506 e. The van der Waals surface area contributed by atoms with Crippen LogP contribution in [-0.2, 0) is 58.9 Å². The Morgan fingerprint density at radius 3 is 1.39 bits per heavy atom. The van der Waals surface area contributed by atoms with Crippen molar-refractivity contribution in [3.05, 3.63) is 84.5 Å². The first-order valence-corrected chi connectivity index (χ1v) is 28.6. The second kappa shape index (κ2) is 29.0. The number of esters is 4. The molecule has 1 saturated heterocycles. The lowest BCUT2D eigenvalue weighted by Crippen LogP contribution is -2.60. The number of ether oxygens (including phenoxy) is 5. The second-order valence-electron chi connectivity index (χ2n) is 22.8. The molecule has 5 rings (SSSR count). The maximum Gasteiger partial charge on any atom is 0.407 e. The lowest BCUT2D eigenvalue weighted by molar-refractivity contribution is -0.158. The first-order valence-electron chi connectivity index (χ1n) is 26.5. The molecule has 0 aromatic heterocycles. The Hall–Kier alpha value is -5.15. The van der Waals surface area contributed by atoms with Crippen LogP contribution >= 0.6 is 45.2 Å². The standard InChI is InChI=1S/C57H79I2N7O13/c1-36(53(73)75-11)60-52(72)46(61-51(71)45(30-37-28-43(58)50(70)44(59)29-37)62-54(74)76-35-42-40-18-14-12-16-38(40)39-17-13-15-19-41(39)42)31-63-20-22-64(32-47(67)77-55(2,3)4)24-26-66(34-49(69)79-57(8,9)10)27-25-65(23-21-63)33-48(68)78-56(5,6)7/h12-19,28-29,36,42,45-46,70H,20-27,30-35H2,1-11H3,(H,60,72)(H,61,71)(H,62,74)/t36-,45?,46?/m0/s1. The normalized spacial score (nSPS) is 16.6. The molecule has 1 heterocycles. The van der Waals surface area contributed by atoms with Gasteiger partial charge in [-0.05, 0) is 154 Å². The molecule has 0 saturated carbocycles. The van der Waals surface area contributed by atoms with Gasteiger partial charge in [0.05, 0.1) is 33.9 Å². The number of nitrogens with zero attached hydrogens (tertiary/aromatic N) is 4. The highest BCUT2D eigenvalue weighted by molar-refractivity contribution is 14.1. The van der Waals surface area contributed by atoms with Crippen LogP contribution in [0.15, 0.2) is 60.7 Å². The molecule has 0 bridgehead atoms. The van der Waals surface area contributed by atoms with Crippen LogP contribution in [0.25, 0.3) is 11.1 Å². The zero-order valence-electron chi connectivity index (χ0n) is 47.4. The number of hydrogen-bond donors (Lipinski definition) is 4. The summed E-state index contributed by atoms with van der Waals surface area (Å²) in [5.74, 6) is -3.80. The lowest BCUT2D eigenvalue weighted by Gasteiger charge is -2.35. The van der Waals surface area contributed by atoms with Gasteiger partial charge in [0.2, 0.25) is 11.8 Å². The molecule has 1 fully saturated rings. The maximum atomic E-state index is 14.9. The number of phenolic OH excluding ortho intramolecular Hbond substituents is 1. The van der Waals surface area contributed by atoms with Crippen molar-refractivity contribution in [1.82, 2.24) is 35.6 Å². The fraction of sp³-hybridized carbons (Fsp3) is 0.561. The molecule has 434 valence electrons. The second-order valence-corrected chi connectivity index (χ2v) is 25.2. The first kappa shape index (κ1) is 64.7. The van der Waals surface area contributed by atoms with E-state index in [0.717, 1.165) is 22.3 Å². The van der Waals surface area contributed by atoms with E-state index in [2.05, 4.69) is 16.0 Å². The Kier molecular flexibility index (Phi) is 23.8. The van der Waals surface area contributed by atoms with E-state index in [4.69, 9.17) is 23.7 Å². The van der Waals surface area contributed by atoms with Gasteiger partial charge in [0.1, 0.15) is 47.3 Å². The zero-order valence-corrected chi connectivity index (χ0v) is 51.7. The average Bonchev–Trinajstić information content (AvgIpc) is 3.72. The van der Waals surface area contributed by atoms with Crippen LogP contribution in [0.4, 0.5) is 4.79 Å². The number of nitrogens with one attached hydrogen (secondary N) is 3. The number of amides is 3. The van der Waals surface area contributed by atoms with Crippen molar-refractivity contribution in [2.75, 3.05) is 92.3 Å². The summed E-state index contributed by atoms with van der Waals surface area (Å²) >= 11 is 3.98. The van der Waals surface area contributed by atoms with E-state index in [1.54, 1.807) is 74.4 Å². The number of alkyl carbamates (subject to hydrolysis) is 1. The fourth-order valence-corrected chi connectivity index (χ4v) is 11.0. The summed E-state index contributed by atoms with van der Waals surface area (Å²) < 4.78 is 29.0. The van der Waals surface area contributed by atoms with Crippen LogP contribution in [0, 0.1) is 7.14 Å². The van der Waals surface area contributed by atoms with Crippen molar-refractivity contribution in [3.63, 3.8) is 0 Å². The van der Waals surface area contributed by atoms with Crippen molar-refractivity contribution in [1.29, 1.82) is 0 Å². The molecule has 0 spiro atoms. The van der Waals surface area contributed by atoms with Gasteiger partial charge in [-0.25, -0.2) is 9.59 Å². The molecular formula is C57H79I2N7O13. The molecule has 3 aromatic rings. The lowest BCUT2D eigenvalue weighted by atomic mass is 9.98. The average molecular weight is 1320 g/mol. The van der Waals surface area contributed by atoms with Gasteiger partial charge in [-0.15, -0.1) is 0 Å². The molecule has 79 heavy (non-hydrogen) atoms. The number of benzene rings is 3. The number of carbonyl (C=O) groups is 7. The zero-order chi connectivity index (χ0) is 58.4. The van der Waals surface area contributed by atoms with Crippen molar-refractivity contribution < 1.29 is 62.4 Å². The quantitative estimate of drug-likeness (QED) is 0.0703. The molecule has 2 unspecified atom stereocenters. The van der Waals surface area contributed by atoms with Crippen LogP contribution in [0.5, 0.6) is 5.75 Å². The molecule has 3 aromatic carbocycles. The molecule has 3 atom stereocenters. The summed E-state index contributed by atoms with van der Waals surface area (Å²) in [7, 11) is 1.19. The molecule has 4 N–H and O–H groups in total. The van der Waals surface area contributed by atoms with E-state index in [9.17, 15) is 38.7 Å². The number of halogens is 2. The monoisotopic (exact) mass is 1320 g/mol. The van der Waals surface area contributed by atoms with E-state index in [1.807, 2.05) is 113 Å². The van der Waals surface area contributed by atoms with E-state index < -0.39 is 76.7 Å². The highest BCUT2D eigenvalue weighted by Gasteiger charge is 2.34. The van der Waals surface area contributed by atoms with Crippen LogP contribution in [0.2, 0.25) is 0 Å². The van der Waals surface area contributed by atoms with Gasteiger partial charge in [-0.1, -0.05) is 48.5 Å². The minimum absolute atomic E-state index is 0.0354. The number of fused-ring (bicyclic) bond motifs is 3. The number of phenols is 1. The summed E-state index contributed by atoms with van der Waals surface area (Å²) in [5.41, 5.74) is 2.40. The molecule has 20 nitrogen and oxygen atoms in total. The third-order valence-electron chi connectivity index (χ3n) is 12.7. The summed E-state index contributed by atoms with van der Waals surface area (Å²) in [6.45, 7) is 19.2. The first-order chi connectivity index (χ1) is 37.0. The van der Waals surface area contributed by atoms with Gasteiger partial charge in [0.25, 0.3) is 0 Å². The van der Waals surface area contributed by atoms with Gasteiger partial charge in [-0.2, -0.15) is 0 Å². The summed E-state index contributed by atoms with van der Waals surface area (Å²) in [5, 5.41) is 19.0. The van der Waals surface area contributed by atoms with Crippen LogP contribution in [-0.4, -0.2) is 194 Å². The van der Waals surface area contributed by atoms with Crippen LogP contribution in [0.3, 0.4) is 0 Å². The van der Waals surface area contributed by atoms with E-state index >= 15 is 0 Å². The van der Waals surface area contributed by atoms with Crippen molar-refractivity contribution >= 4 is 87.0 Å². The van der Waals surface area contributed by atoms with Crippen molar-refractivity contribution in [2.24, 2.45) is 0 Å². The summed E-state index contributed by atoms with van der Waals surface area (Å²) in [6.07, 6.45) is -0.961. The molecule has 3 amide bonds. The summed E-state index contributed by atoms with van der Waals surface area (Å²) in [6, 6.07) is 15.4. The molecule has 0 radical (unpaired) electrons. The Labute approximate surface area is 491 Å². The van der Waals surface area contributed by atoms with Crippen LogP contribution < -0.4 is 16.0 Å². The third kappa shape index (κ3) is 21.4. The molecule has 1 aliphatic carbocycles. The van der Waals surface area contributed by atoms with E-state index in [-0.39, 0.29) is 77.1 Å². The fourth-order valence-electron chi connectivity index (χ4n) is 9.14. The number of hydrogen-bond acceptors (Lipinski definition) is 17. The smallest absolute Gasteiger partial charge is 0.407 e. The predicted octanol–water partition coefficient (Wildman–Crippen LogP) is 5.46. The minimum atomic E-state index is -1.37. The highest BCUT2D eigenvalue weighted by atomic mass is 127. The van der Waals surface area contributed by atoms with E-state index in [1.165, 1.54) is 14.0 Å². The maximum absolute atomic E-state index is 14.9. The summed E-state index contributed by atoms with van der Waals surface area (Å²) in [4.78, 5) is 104. The molecule has 1 aliphatic heterocycles. The SMILES string of the molecule is COC(=O)[C@H](C)NC(=O)C(CN1CCN(CC(=O)OC(C)(C)C)CCN(CC(=O)OC(C)(C)C)CCN(CC(=O)OC(C)(C)C)CC1)NC(=O)C(Cc1cc(I)c(O)c(I)c1)NC(=O)OCC1c2ccccc2-c2ccccc21. The number of aromatic hydroxyl groups is 1. The Morgan fingerprint density at radius 1 is 0.595 bits per heavy atom.